The van der Waals surface area contributed by atoms with E-state index in [4.69, 9.17) is 4.74 Å². The molecular weight excluding hydrogens is 374 g/mol. The predicted octanol–water partition coefficient (Wildman–Crippen LogP) is 3.54. The Morgan fingerprint density at radius 3 is 2.50 bits per heavy atom. The summed E-state index contributed by atoms with van der Waals surface area (Å²) < 4.78 is 5.92. The van der Waals surface area contributed by atoms with Gasteiger partial charge in [-0.05, 0) is 55.0 Å². The first-order chi connectivity index (χ1) is 11.5. The quantitative estimate of drug-likeness (QED) is 0.643. The Kier molecular flexibility index (Phi) is 4.49. The van der Waals surface area contributed by atoms with Gasteiger partial charge in [0, 0.05) is 15.7 Å². The molecule has 0 bridgehead atoms. The van der Waals surface area contributed by atoms with Crippen LogP contribution in [0.5, 0.6) is 0 Å². The van der Waals surface area contributed by atoms with Gasteiger partial charge >= 0.3 is 5.97 Å². The third kappa shape index (κ3) is 3.23. The number of ketones is 1. The van der Waals surface area contributed by atoms with E-state index in [2.05, 4.69) is 21.2 Å². The van der Waals surface area contributed by atoms with Gasteiger partial charge < -0.3 is 10.1 Å². The third-order valence-electron chi connectivity index (χ3n) is 3.91. The van der Waals surface area contributed by atoms with E-state index < -0.39 is 5.97 Å². The minimum Gasteiger partial charge on any atom is -0.454 e. The summed E-state index contributed by atoms with van der Waals surface area (Å²) in [5.74, 6) is -1.24. The molecule has 24 heavy (non-hydrogen) atoms. The van der Waals surface area contributed by atoms with Gasteiger partial charge in [-0.15, -0.1) is 0 Å². The van der Waals surface area contributed by atoms with Crippen LogP contribution in [0.4, 0.5) is 5.69 Å². The molecule has 0 aliphatic carbocycles. The van der Waals surface area contributed by atoms with Crippen LogP contribution in [0.25, 0.3) is 0 Å². The van der Waals surface area contributed by atoms with E-state index in [0.29, 0.717) is 11.1 Å². The zero-order valence-corrected chi connectivity index (χ0v) is 14.4. The summed E-state index contributed by atoms with van der Waals surface area (Å²) >= 11 is 3.29. The molecular formula is C18H14BrNO4. The Balaban J connectivity index is 1.67. The smallest absolute Gasteiger partial charge is 0.338 e. The fourth-order valence-corrected chi connectivity index (χ4v) is 2.74. The molecule has 0 unspecified atom stereocenters. The first-order valence-corrected chi connectivity index (χ1v) is 8.15. The van der Waals surface area contributed by atoms with Crippen LogP contribution in [0.1, 0.15) is 39.1 Å². The van der Waals surface area contributed by atoms with E-state index in [0.717, 1.165) is 15.7 Å². The molecule has 0 radical (unpaired) electrons. The lowest BCUT2D eigenvalue weighted by molar-refractivity contribution is -0.116. The monoisotopic (exact) mass is 387 g/mol. The second-order valence-electron chi connectivity index (χ2n) is 5.52. The molecule has 1 atom stereocenters. The number of hydrogen-bond acceptors (Lipinski definition) is 4. The van der Waals surface area contributed by atoms with Gasteiger partial charge in [-0.25, -0.2) is 4.79 Å². The number of esters is 1. The highest BCUT2D eigenvalue weighted by atomic mass is 79.9. The summed E-state index contributed by atoms with van der Waals surface area (Å²) in [5.41, 5.74) is 2.30. The zero-order valence-electron chi connectivity index (χ0n) is 12.8. The highest BCUT2D eigenvalue weighted by molar-refractivity contribution is 9.10. The van der Waals surface area contributed by atoms with Crippen molar-refractivity contribution in [2.24, 2.45) is 0 Å². The average Bonchev–Trinajstić information content (AvgIpc) is 2.87. The molecule has 0 aromatic heterocycles. The normalized spacial score (nSPS) is 15.6. The molecule has 122 valence electrons. The number of ether oxygens (including phenoxy) is 1. The molecule has 2 aromatic rings. The van der Waals surface area contributed by atoms with Gasteiger partial charge in [0.15, 0.2) is 12.4 Å². The van der Waals surface area contributed by atoms with Gasteiger partial charge in [-0.3, -0.25) is 9.59 Å². The number of hydrogen-bond donors (Lipinski definition) is 1. The van der Waals surface area contributed by atoms with Crippen LogP contribution in [0, 0.1) is 0 Å². The summed E-state index contributed by atoms with van der Waals surface area (Å²) in [7, 11) is 0. The van der Waals surface area contributed by atoms with Crippen LogP contribution >= 0.6 is 15.9 Å². The number of nitrogens with one attached hydrogen (secondary N) is 1. The molecule has 1 aliphatic rings. The Hall–Kier alpha value is -2.47. The number of carbonyl (C=O) groups excluding carboxylic acids is 3. The van der Waals surface area contributed by atoms with Gasteiger partial charge in [0.05, 0.1) is 11.5 Å². The van der Waals surface area contributed by atoms with Crippen molar-refractivity contribution in [1.82, 2.24) is 0 Å². The third-order valence-corrected chi connectivity index (χ3v) is 4.43. The minimum absolute atomic E-state index is 0.0868. The van der Waals surface area contributed by atoms with Crippen LogP contribution in [-0.2, 0) is 9.53 Å². The lowest BCUT2D eigenvalue weighted by Gasteiger charge is -2.07. The Bertz CT molecular complexity index is 829. The Morgan fingerprint density at radius 2 is 1.79 bits per heavy atom. The number of benzene rings is 2. The predicted molar refractivity (Wildman–Crippen MR) is 92.2 cm³/mol. The van der Waals surface area contributed by atoms with Crippen LogP contribution in [-0.4, -0.2) is 24.3 Å². The molecule has 5 nitrogen and oxygen atoms in total. The maximum absolute atomic E-state index is 12.2. The van der Waals surface area contributed by atoms with Gasteiger partial charge in [0.2, 0.25) is 5.91 Å². The van der Waals surface area contributed by atoms with E-state index >= 15 is 0 Å². The largest absolute Gasteiger partial charge is 0.454 e. The molecule has 0 saturated heterocycles. The average molecular weight is 388 g/mol. The fourth-order valence-electron chi connectivity index (χ4n) is 2.47. The molecule has 0 saturated carbocycles. The van der Waals surface area contributed by atoms with Crippen molar-refractivity contribution in [3.05, 3.63) is 63.6 Å². The standard InChI is InChI=1S/C18H14BrNO4/c1-10-14-8-12(4-7-15(14)20-17(10)22)16(21)9-24-18(23)11-2-5-13(19)6-3-11/h2-8,10H,9H2,1H3,(H,20,22)/t10-/m1/s1. The van der Waals surface area contributed by atoms with Crippen molar-refractivity contribution < 1.29 is 19.1 Å². The number of fused-ring (bicyclic) bond motifs is 1. The van der Waals surface area contributed by atoms with E-state index in [-0.39, 0.29) is 24.2 Å². The van der Waals surface area contributed by atoms with Crippen molar-refractivity contribution in [3.8, 4) is 0 Å². The van der Waals surface area contributed by atoms with Gasteiger partial charge in [0.25, 0.3) is 0 Å². The summed E-state index contributed by atoms with van der Waals surface area (Å²) in [6.07, 6.45) is 0. The maximum Gasteiger partial charge on any atom is 0.338 e. The number of amides is 1. The van der Waals surface area contributed by atoms with Crippen LogP contribution < -0.4 is 5.32 Å². The first-order valence-electron chi connectivity index (χ1n) is 7.36. The summed E-state index contributed by atoms with van der Waals surface area (Å²) in [5, 5.41) is 2.75. The fraction of sp³-hybridized carbons (Fsp3) is 0.167. The molecule has 1 N–H and O–H groups in total. The van der Waals surface area contributed by atoms with Crippen molar-refractivity contribution in [2.75, 3.05) is 11.9 Å². The molecule has 0 fully saturated rings. The molecule has 3 rings (SSSR count). The number of anilines is 1. The maximum atomic E-state index is 12.2. The second-order valence-corrected chi connectivity index (χ2v) is 6.43. The molecule has 6 heteroatoms. The SMILES string of the molecule is C[C@H]1C(=O)Nc2ccc(C(=O)COC(=O)c3ccc(Br)cc3)cc21. The van der Waals surface area contributed by atoms with Gasteiger partial charge in [0.1, 0.15) is 0 Å². The van der Waals surface area contributed by atoms with Crippen molar-refractivity contribution in [3.63, 3.8) is 0 Å². The van der Waals surface area contributed by atoms with Crippen molar-refractivity contribution >= 4 is 39.3 Å². The van der Waals surface area contributed by atoms with Crippen molar-refractivity contribution in [2.45, 2.75) is 12.8 Å². The Labute approximate surface area is 147 Å². The first kappa shape index (κ1) is 16.4. The Morgan fingerprint density at radius 1 is 1.12 bits per heavy atom. The number of carbonyl (C=O) groups is 3. The van der Waals surface area contributed by atoms with Crippen LogP contribution in [0.3, 0.4) is 0 Å². The van der Waals surface area contributed by atoms with Crippen molar-refractivity contribution in [1.29, 1.82) is 0 Å². The van der Waals surface area contributed by atoms with E-state index in [1.54, 1.807) is 49.4 Å². The zero-order chi connectivity index (χ0) is 17.3. The van der Waals surface area contributed by atoms with Gasteiger partial charge in [-0.1, -0.05) is 15.9 Å². The lowest BCUT2D eigenvalue weighted by atomic mass is 9.99. The highest BCUT2D eigenvalue weighted by Gasteiger charge is 2.27. The topological polar surface area (TPSA) is 72.5 Å². The van der Waals surface area contributed by atoms with Gasteiger partial charge in [-0.2, -0.15) is 0 Å². The van der Waals surface area contributed by atoms with E-state index in [9.17, 15) is 14.4 Å². The minimum atomic E-state index is -0.553. The second kappa shape index (κ2) is 6.57. The van der Waals surface area contributed by atoms with Crippen LogP contribution in [0.2, 0.25) is 0 Å². The van der Waals surface area contributed by atoms with E-state index in [1.807, 2.05) is 0 Å². The number of halogens is 1. The summed E-state index contributed by atoms with van der Waals surface area (Å²) in [6.45, 7) is 1.44. The molecule has 1 aliphatic heterocycles. The summed E-state index contributed by atoms with van der Waals surface area (Å²) in [6, 6.07) is 11.7. The molecule has 1 heterocycles. The summed E-state index contributed by atoms with van der Waals surface area (Å²) in [4.78, 5) is 35.8. The lowest BCUT2D eigenvalue weighted by Crippen LogP contribution is -2.14. The molecule has 1 amide bonds. The number of rotatable bonds is 4. The highest BCUT2D eigenvalue weighted by Crippen LogP contribution is 2.32. The number of Topliss-reactive ketones (excluding diaryl/α,β-unsaturated/α-hetero) is 1. The molecule has 2 aromatic carbocycles. The van der Waals surface area contributed by atoms with Crippen LogP contribution in [0.15, 0.2) is 46.9 Å². The molecule has 0 spiro atoms. The van der Waals surface area contributed by atoms with E-state index in [1.165, 1.54) is 0 Å².